The van der Waals surface area contributed by atoms with E-state index in [1.807, 2.05) is 0 Å². The summed E-state index contributed by atoms with van der Waals surface area (Å²) >= 11 is 12.7. The molecule has 1 unspecified atom stereocenters. The van der Waals surface area contributed by atoms with Crippen LogP contribution in [0.1, 0.15) is 18.5 Å². The van der Waals surface area contributed by atoms with E-state index in [9.17, 15) is 8.42 Å². The van der Waals surface area contributed by atoms with E-state index < -0.39 is 16.1 Å². The van der Waals surface area contributed by atoms with E-state index in [-0.39, 0.29) is 9.23 Å². The maximum Gasteiger partial charge on any atom is 0.243 e. The van der Waals surface area contributed by atoms with Gasteiger partial charge in [-0.3, -0.25) is 0 Å². The van der Waals surface area contributed by atoms with Gasteiger partial charge in [-0.25, -0.2) is 13.1 Å². The van der Waals surface area contributed by atoms with E-state index in [1.165, 1.54) is 6.07 Å². The Bertz CT molecular complexity index is 712. The summed E-state index contributed by atoms with van der Waals surface area (Å²) in [5, 5.41) is 0. The molecule has 0 aliphatic rings. The van der Waals surface area contributed by atoms with E-state index >= 15 is 0 Å². The number of rotatable bonds is 4. The second kappa shape index (κ2) is 5.91. The molecule has 8 heteroatoms. The van der Waals surface area contributed by atoms with Crippen LogP contribution in [-0.2, 0) is 10.0 Å². The molecule has 0 bridgehead atoms. The molecule has 4 nitrogen and oxygen atoms in total. The minimum Gasteiger partial charge on any atom is -0.399 e. The van der Waals surface area contributed by atoms with Crippen LogP contribution in [0.25, 0.3) is 0 Å². The SMILES string of the molecule is CC(NS(=O)(=O)c1cc(Cl)sc1Cl)c1ccc(N)cc1. The number of nitrogen functional groups attached to an aromatic ring is 1. The number of hydrogen-bond acceptors (Lipinski definition) is 4. The highest BCUT2D eigenvalue weighted by atomic mass is 35.5. The molecule has 1 aromatic heterocycles. The van der Waals surface area contributed by atoms with E-state index in [2.05, 4.69) is 4.72 Å². The molecule has 2 aromatic rings. The molecular weight excluding hydrogens is 339 g/mol. The summed E-state index contributed by atoms with van der Waals surface area (Å²) in [6.07, 6.45) is 0. The van der Waals surface area contributed by atoms with Crippen LogP contribution in [0.5, 0.6) is 0 Å². The third kappa shape index (κ3) is 3.45. The summed E-state index contributed by atoms with van der Waals surface area (Å²) in [6, 6.07) is 7.90. The number of anilines is 1. The fourth-order valence-corrected chi connectivity index (χ4v) is 5.04. The lowest BCUT2D eigenvalue weighted by Gasteiger charge is -2.14. The van der Waals surface area contributed by atoms with Crippen molar-refractivity contribution in [3.63, 3.8) is 0 Å². The molecule has 0 saturated heterocycles. The van der Waals surface area contributed by atoms with Gasteiger partial charge in [-0.15, -0.1) is 11.3 Å². The zero-order valence-corrected chi connectivity index (χ0v) is 13.6. The van der Waals surface area contributed by atoms with Crippen LogP contribution in [0.3, 0.4) is 0 Å². The zero-order valence-electron chi connectivity index (χ0n) is 10.4. The standard InChI is InChI=1S/C12H12Cl2N2O2S2/c1-7(8-2-4-9(15)5-3-8)16-20(17,18)10-6-11(13)19-12(10)14/h2-7,16H,15H2,1H3. The van der Waals surface area contributed by atoms with Gasteiger partial charge in [0.15, 0.2) is 0 Å². The van der Waals surface area contributed by atoms with Crippen molar-refractivity contribution in [2.24, 2.45) is 0 Å². The number of halogens is 2. The largest absolute Gasteiger partial charge is 0.399 e. The number of thiophene rings is 1. The predicted octanol–water partition coefficient (Wildman–Crippen LogP) is 3.68. The first kappa shape index (κ1) is 15.6. The summed E-state index contributed by atoms with van der Waals surface area (Å²) in [4.78, 5) is -0.00328. The molecule has 0 spiro atoms. The second-order valence-electron chi connectivity index (χ2n) is 4.20. The van der Waals surface area contributed by atoms with Crippen molar-refractivity contribution in [1.82, 2.24) is 4.72 Å². The van der Waals surface area contributed by atoms with Crippen LogP contribution in [0.2, 0.25) is 8.67 Å². The van der Waals surface area contributed by atoms with Crippen molar-refractivity contribution in [3.05, 3.63) is 44.6 Å². The third-order valence-electron chi connectivity index (χ3n) is 2.68. The smallest absolute Gasteiger partial charge is 0.243 e. The monoisotopic (exact) mass is 350 g/mol. The van der Waals surface area contributed by atoms with Gasteiger partial charge in [0, 0.05) is 11.7 Å². The highest BCUT2D eigenvalue weighted by molar-refractivity contribution is 7.89. The van der Waals surface area contributed by atoms with Gasteiger partial charge in [0.25, 0.3) is 0 Å². The molecule has 108 valence electrons. The van der Waals surface area contributed by atoms with Crippen molar-refractivity contribution in [2.45, 2.75) is 17.9 Å². The molecule has 1 heterocycles. The maximum atomic E-state index is 12.2. The Morgan fingerprint density at radius 3 is 2.35 bits per heavy atom. The summed E-state index contributed by atoms with van der Waals surface area (Å²) in [5.41, 5.74) is 7.03. The van der Waals surface area contributed by atoms with Crippen molar-refractivity contribution in [1.29, 1.82) is 0 Å². The van der Waals surface area contributed by atoms with Gasteiger partial charge in [0.2, 0.25) is 10.0 Å². The zero-order chi connectivity index (χ0) is 14.9. The summed E-state index contributed by atoms with van der Waals surface area (Å²) in [5.74, 6) is 0. The lowest BCUT2D eigenvalue weighted by molar-refractivity contribution is 0.567. The number of nitrogens with two attached hydrogens (primary N) is 1. The Kier molecular flexibility index (Phi) is 4.61. The minimum atomic E-state index is -3.71. The molecule has 1 atom stereocenters. The van der Waals surface area contributed by atoms with Crippen LogP contribution >= 0.6 is 34.5 Å². The fraction of sp³-hybridized carbons (Fsp3) is 0.167. The molecule has 0 aliphatic carbocycles. The van der Waals surface area contributed by atoms with Crippen LogP contribution in [0.4, 0.5) is 5.69 Å². The van der Waals surface area contributed by atoms with Crippen molar-refractivity contribution < 1.29 is 8.42 Å². The molecule has 0 radical (unpaired) electrons. The number of nitrogens with one attached hydrogen (secondary N) is 1. The van der Waals surface area contributed by atoms with Crippen molar-refractivity contribution in [2.75, 3.05) is 5.73 Å². The molecule has 0 saturated carbocycles. The van der Waals surface area contributed by atoms with Crippen LogP contribution < -0.4 is 10.5 Å². The van der Waals surface area contributed by atoms with Gasteiger partial charge in [0.05, 0.1) is 4.34 Å². The van der Waals surface area contributed by atoms with E-state index in [1.54, 1.807) is 31.2 Å². The number of hydrogen-bond donors (Lipinski definition) is 2. The quantitative estimate of drug-likeness (QED) is 0.826. The highest BCUT2D eigenvalue weighted by Gasteiger charge is 2.23. The molecule has 0 amide bonds. The Hall–Kier alpha value is -0.790. The van der Waals surface area contributed by atoms with Gasteiger partial charge in [-0.2, -0.15) is 0 Å². The van der Waals surface area contributed by atoms with Gasteiger partial charge in [-0.1, -0.05) is 35.3 Å². The van der Waals surface area contributed by atoms with Crippen LogP contribution in [-0.4, -0.2) is 8.42 Å². The predicted molar refractivity (Wildman–Crippen MR) is 83.9 cm³/mol. The van der Waals surface area contributed by atoms with E-state index in [0.29, 0.717) is 10.0 Å². The molecule has 1 aromatic carbocycles. The average Bonchev–Trinajstić information content (AvgIpc) is 2.69. The number of benzene rings is 1. The molecule has 2 rings (SSSR count). The average molecular weight is 351 g/mol. The summed E-state index contributed by atoms with van der Waals surface area (Å²) in [6.45, 7) is 1.74. The topological polar surface area (TPSA) is 72.2 Å². The number of sulfonamides is 1. The first-order valence-electron chi connectivity index (χ1n) is 5.62. The second-order valence-corrected chi connectivity index (χ2v) is 8.17. The molecule has 20 heavy (non-hydrogen) atoms. The first-order valence-corrected chi connectivity index (χ1v) is 8.68. The Morgan fingerprint density at radius 2 is 1.85 bits per heavy atom. The Balaban J connectivity index is 2.24. The van der Waals surface area contributed by atoms with Gasteiger partial charge in [-0.05, 0) is 30.7 Å². The normalized spacial score (nSPS) is 13.3. The lowest BCUT2D eigenvalue weighted by Crippen LogP contribution is -2.26. The van der Waals surface area contributed by atoms with Crippen molar-refractivity contribution >= 4 is 50.2 Å². The third-order valence-corrected chi connectivity index (χ3v) is 5.98. The van der Waals surface area contributed by atoms with Crippen LogP contribution in [0.15, 0.2) is 35.2 Å². The molecule has 3 N–H and O–H groups in total. The van der Waals surface area contributed by atoms with Gasteiger partial charge < -0.3 is 5.73 Å². The molecule has 0 aliphatic heterocycles. The minimum absolute atomic E-state index is 0.00328. The Labute approximate surface area is 131 Å². The summed E-state index contributed by atoms with van der Waals surface area (Å²) in [7, 11) is -3.71. The molecule has 0 fully saturated rings. The van der Waals surface area contributed by atoms with Crippen molar-refractivity contribution in [3.8, 4) is 0 Å². The highest BCUT2D eigenvalue weighted by Crippen LogP contribution is 2.34. The summed E-state index contributed by atoms with van der Waals surface area (Å²) < 4.78 is 27.5. The fourth-order valence-electron chi connectivity index (χ4n) is 1.66. The van der Waals surface area contributed by atoms with E-state index in [0.717, 1.165) is 16.9 Å². The van der Waals surface area contributed by atoms with E-state index in [4.69, 9.17) is 28.9 Å². The van der Waals surface area contributed by atoms with Crippen LogP contribution in [0, 0.1) is 0 Å². The molecular formula is C12H12Cl2N2O2S2. The lowest BCUT2D eigenvalue weighted by atomic mass is 10.1. The Morgan fingerprint density at radius 1 is 1.25 bits per heavy atom. The first-order chi connectivity index (χ1) is 9.29. The maximum absolute atomic E-state index is 12.2. The van der Waals surface area contributed by atoms with Gasteiger partial charge >= 0.3 is 0 Å². The van der Waals surface area contributed by atoms with Gasteiger partial charge in [0.1, 0.15) is 9.23 Å².